The van der Waals surface area contributed by atoms with Crippen LogP contribution in [0.5, 0.6) is 5.75 Å². The second-order valence-corrected chi connectivity index (χ2v) is 5.54. The molecule has 3 rings (SSSR count). The highest BCUT2D eigenvalue weighted by Crippen LogP contribution is 2.42. The van der Waals surface area contributed by atoms with Gasteiger partial charge < -0.3 is 10.1 Å². The molecule has 0 aliphatic carbocycles. The zero-order chi connectivity index (χ0) is 12.4. The van der Waals surface area contributed by atoms with Gasteiger partial charge in [0.05, 0.1) is 6.61 Å². The molecule has 0 amide bonds. The molecule has 1 aromatic carbocycles. The molecule has 1 aromatic heterocycles. The van der Waals surface area contributed by atoms with E-state index in [1.54, 1.807) is 0 Å². The zero-order valence-electron chi connectivity index (χ0n) is 10.4. The molecular formula is C15H17NOS. The fourth-order valence-corrected chi connectivity index (χ4v) is 3.63. The first-order valence-corrected chi connectivity index (χ1v) is 7.20. The predicted octanol–water partition coefficient (Wildman–Crippen LogP) is 3.57. The third-order valence-electron chi connectivity index (χ3n) is 3.57. The van der Waals surface area contributed by atoms with Crippen LogP contribution in [0.15, 0.2) is 41.8 Å². The lowest BCUT2D eigenvalue weighted by molar-refractivity contribution is 0.249. The van der Waals surface area contributed by atoms with E-state index in [0.717, 1.165) is 18.8 Å². The average molecular weight is 259 g/mol. The first-order chi connectivity index (χ1) is 8.90. The first-order valence-electron chi connectivity index (χ1n) is 6.32. The third-order valence-corrected chi connectivity index (χ3v) is 4.52. The Balaban J connectivity index is 1.97. The van der Waals surface area contributed by atoms with Gasteiger partial charge in [0.1, 0.15) is 5.75 Å². The highest BCUT2D eigenvalue weighted by molar-refractivity contribution is 7.10. The first kappa shape index (κ1) is 11.8. The summed E-state index contributed by atoms with van der Waals surface area (Å²) < 4.78 is 5.74. The van der Waals surface area contributed by atoms with Gasteiger partial charge in [-0.15, -0.1) is 11.3 Å². The summed E-state index contributed by atoms with van der Waals surface area (Å²) in [4.78, 5) is 1.40. The van der Waals surface area contributed by atoms with Crippen LogP contribution in [-0.4, -0.2) is 13.7 Å². The van der Waals surface area contributed by atoms with Gasteiger partial charge in [0.15, 0.2) is 0 Å². The maximum Gasteiger partial charge on any atom is 0.122 e. The Labute approximate surface area is 112 Å². The number of fused-ring (bicyclic) bond motifs is 1. The second-order valence-electron chi connectivity index (χ2n) is 4.56. The molecule has 2 atom stereocenters. The van der Waals surface area contributed by atoms with Crippen molar-refractivity contribution in [3.05, 3.63) is 52.2 Å². The van der Waals surface area contributed by atoms with Gasteiger partial charge in [0.25, 0.3) is 0 Å². The normalized spacial score (nSPS) is 19.9. The quantitative estimate of drug-likeness (QED) is 0.909. The Morgan fingerprint density at radius 3 is 2.94 bits per heavy atom. The molecule has 1 aliphatic heterocycles. The Morgan fingerprint density at radius 2 is 2.17 bits per heavy atom. The van der Waals surface area contributed by atoms with Crippen molar-refractivity contribution in [1.82, 2.24) is 5.32 Å². The van der Waals surface area contributed by atoms with Crippen molar-refractivity contribution in [3.63, 3.8) is 0 Å². The highest BCUT2D eigenvalue weighted by atomic mass is 32.1. The topological polar surface area (TPSA) is 21.3 Å². The molecule has 94 valence electrons. The van der Waals surface area contributed by atoms with Crippen LogP contribution in [0, 0.1) is 0 Å². The van der Waals surface area contributed by atoms with Crippen molar-refractivity contribution in [2.75, 3.05) is 13.7 Å². The lowest BCUT2D eigenvalue weighted by Crippen LogP contribution is -2.27. The molecule has 2 nitrogen and oxygen atoms in total. The fourth-order valence-electron chi connectivity index (χ4n) is 2.73. The highest BCUT2D eigenvalue weighted by Gasteiger charge is 2.29. The van der Waals surface area contributed by atoms with Crippen molar-refractivity contribution in [2.24, 2.45) is 0 Å². The number of ether oxygens (including phenoxy) is 1. The Kier molecular flexibility index (Phi) is 3.35. The van der Waals surface area contributed by atoms with Crippen LogP contribution in [0.4, 0.5) is 0 Å². The summed E-state index contributed by atoms with van der Waals surface area (Å²) in [6.07, 6.45) is 1.07. The maximum absolute atomic E-state index is 5.74. The van der Waals surface area contributed by atoms with E-state index in [0.29, 0.717) is 12.0 Å². The van der Waals surface area contributed by atoms with Crippen LogP contribution in [0.1, 0.15) is 28.8 Å². The molecule has 2 heterocycles. The van der Waals surface area contributed by atoms with E-state index >= 15 is 0 Å². The van der Waals surface area contributed by atoms with Crippen molar-refractivity contribution >= 4 is 11.3 Å². The van der Waals surface area contributed by atoms with Crippen molar-refractivity contribution in [3.8, 4) is 5.75 Å². The minimum absolute atomic E-state index is 0.384. The zero-order valence-corrected chi connectivity index (χ0v) is 11.2. The minimum atomic E-state index is 0.384. The van der Waals surface area contributed by atoms with Crippen LogP contribution >= 0.6 is 11.3 Å². The van der Waals surface area contributed by atoms with Gasteiger partial charge >= 0.3 is 0 Å². The summed E-state index contributed by atoms with van der Waals surface area (Å²) in [6, 6.07) is 13.1. The molecule has 1 N–H and O–H groups in total. The largest absolute Gasteiger partial charge is 0.493 e. The van der Waals surface area contributed by atoms with Crippen molar-refractivity contribution in [1.29, 1.82) is 0 Å². The van der Waals surface area contributed by atoms with Gasteiger partial charge in [-0.2, -0.15) is 0 Å². The Hall–Kier alpha value is -1.32. The van der Waals surface area contributed by atoms with Crippen molar-refractivity contribution < 1.29 is 4.74 Å². The lowest BCUT2D eigenvalue weighted by atomic mass is 9.86. The molecule has 0 fully saturated rings. The SMILES string of the molecule is CNC(c1cccs1)C1CCOc2ccccc21. The molecule has 2 unspecified atom stereocenters. The van der Waals surface area contributed by atoms with Crippen LogP contribution in [-0.2, 0) is 0 Å². The van der Waals surface area contributed by atoms with Crippen LogP contribution in [0.3, 0.4) is 0 Å². The molecule has 0 saturated carbocycles. The molecule has 0 bridgehead atoms. The van der Waals surface area contributed by atoms with Gasteiger partial charge in [0, 0.05) is 16.8 Å². The maximum atomic E-state index is 5.74. The van der Waals surface area contributed by atoms with Crippen LogP contribution in [0.25, 0.3) is 0 Å². The van der Waals surface area contributed by atoms with Gasteiger partial charge in [-0.05, 0) is 36.5 Å². The van der Waals surface area contributed by atoms with Gasteiger partial charge in [-0.1, -0.05) is 24.3 Å². The van der Waals surface area contributed by atoms with E-state index in [2.05, 4.69) is 41.0 Å². The summed E-state index contributed by atoms with van der Waals surface area (Å²) in [5.41, 5.74) is 1.33. The van der Waals surface area contributed by atoms with Gasteiger partial charge in [0.2, 0.25) is 0 Å². The van der Waals surface area contributed by atoms with Gasteiger partial charge in [-0.25, -0.2) is 0 Å². The number of benzene rings is 1. The Bertz CT molecular complexity index is 509. The molecular weight excluding hydrogens is 242 g/mol. The summed E-state index contributed by atoms with van der Waals surface area (Å²) in [6.45, 7) is 0.811. The number of likely N-dealkylation sites (N-methyl/N-ethyl adjacent to an activating group) is 1. The summed E-state index contributed by atoms with van der Waals surface area (Å²) in [5.74, 6) is 1.55. The lowest BCUT2D eigenvalue weighted by Gasteiger charge is -2.31. The predicted molar refractivity (Wildman–Crippen MR) is 75.4 cm³/mol. The molecule has 3 heteroatoms. The number of para-hydroxylation sites is 1. The second kappa shape index (κ2) is 5.12. The number of nitrogens with one attached hydrogen (secondary N) is 1. The molecule has 2 aromatic rings. The molecule has 0 spiro atoms. The Morgan fingerprint density at radius 1 is 1.28 bits per heavy atom. The minimum Gasteiger partial charge on any atom is -0.493 e. The summed E-state index contributed by atoms with van der Waals surface area (Å²) >= 11 is 1.82. The van der Waals surface area contributed by atoms with E-state index in [1.165, 1.54) is 10.4 Å². The number of hydrogen-bond acceptors (Lipinski definition) is 3. The van der Waals surface area contributed by atoms with E-state index < -0.39 is 0 Å². The number of hydrogen-bond donors (Lipinski definition) is 1. The van der Waals surface area contributed by atoms with E-state index in [4.69, 9.17) is 4.74 Å². The standard InChI is InChI=1S/C15H17NOS/c1-16-15(14-7-4-10-18-14)12-8-9-17-13-6-3-2-5-11(12)13/h2-7,10,12,15-16H,8-9H2,1H3. The number of rotatable bonds is 3. The fraction of sp³-hybridized carbons (Fsp3) is 0.333. The monoisotopic (exact) mass is 259 g/mol. The average Bonchev–Trinajstić information content (AvgIpc) is 2.94. The molecule has 0 saturated heterocycles. The van der Waals surface area contributed by atoms with Gasteiger partial charge in [-0.3, -0.25) is 0 Å². The smallest absolute Gasteiger partial charge is 0.122 e. The number of thiophene rings is 1. The van der Waals surface area contributed by atoms with Crippen LogP contribution < -0.4 is 10.1 Å². The van der Waals surface area contributed by atoms with E-state index in [-0.39, 0.29) is 0 Å². The van der Waals surface area contributed by atoms with E-state index in [1.807, 2.05) is 24.5 Å². The van der Waals surface area contributed by atoms with Crippen molar-refractivity contribution in [2.45, 2.75) is 18.4 Å². The molecule has 0 radical (unpaired) electrons. The molecule has 1 aliphatic rings. The van der Waals surface area contributed by atoms with E-state index in [9.17, 15) is 0 Å². The van der Waals surface area contributed by atoms with Crippen LogP contribution in [0.2, 0.25) is 0 Å². The summed E-state index contributed by atoms with van der Waals surface area (Å²) in [5, 5.41) is 5.61. The summed E-state index contributed by atoms with van der Waals surface area (Å²) in [7, 11) is 2.04. The third kappa shape index (κ3) is 2.04. The molecule has 18 heavy (non-hydrogen) atoms.